The minimum Gasteiger partial charge on any atom is -0.324 e. The number of halogens is 1. The number of amides is 1. The molecule has 0 fully saturated rings. The molecular formula is C24H19ClN4OS. The van der Waals surface area contributed by atoms with Crippen LogP contribution in [0.1, 0.15) is 6.92 Å². The molecule has 31 heavy (non-hydrogen) atoms. The number of aromatic nitrogens is 3. The van der Waals surface area contributed by atoms with Crippen molar-refractivity contribution in [2.24, 2.45) is 0 Å². The van der Waals surface area contributed by atoms with E-state index in [-0.39, 0.29) is 5.91 Å². The summed E-state index contributed by atoms with van der Waals surface area (Å²) in [7, 11) is 0. The molecule has 1 heterocycles. The summed E-state index contributed by atoms with van der Waals surface area (Å²) in [6.07, 6.45) is 0. The van der Waals surface area contributed by atoms with Gasteiger partial charge in [-0.15, -0.1) is 10.2 Å². The number of hydrogen-bond donors (Lipinski definition) is 1. The SMILES string of the molecule is CC(Sc1nnc(-c2ccccc2)c(-c2ccccc2)n1)C(=O)Nc1ccccc1Cl. The van der Waals surface area contributed by atoms with Gasteiger partial charge in [-0.1, -0.05) is 96.2 Å². The lowest BCUT2D eigenvalue weighted by molar-refractivity contribution is -0.115. The first-order chi connectivity index (χ1) is 15.1. The monoisotopic (exact) mass is 446 g/mol. The Balaban J connectivity index is 1.60. The van der Waals surface area contributed by atoms with Crippen LogP contribution >= 0.6 is 23.4 Å². The van der Waals surface area contributed by atoms with Crippen molar-refractivity contribution in [1.29, 1.82) is 0 Å². The molecule has 0 aliphatic rings. The minimum atomic E-state index is -0.440. The summed E-state index contributed by atoms with van der Waals surface area (Å²) in [6.45, 7) is 1.80. The van der Waals surface area contributed by atoms with Crippen molar-refractivity contribution in [2.75, 3.05) is 5.32 Å². The second kappa shape index (κ2) is 9.73. The van der Waals surface area contributed by atoms with Gasteiger partial charge >= 0.3 is 0 Å². The quantitative estimate of drug-likeness (QED) is 0.369. The molecule has 1 N–H and O–H groups in total. The molecule has 7 heteroatoms. The van der Waals surface area contributed by atoms with E-state index in [1.807, 2.05) is 72.8 Å². The number of para-hydroxylation sites is 1. The van der Waals surface area contributed by atoms with Gasteiger partial charge in [0.2, 0.25) is 11.1 Å². The molecule has 1 amide bonds. The fraction of sp³-hybridized carbons (Fsp3) is 0.0833. The molecular weight excluding hydrogens is 428 g/mol. The van der Waals surface area contributed by atoms with E-state index in [4.69, 9.17) is 16.6 Å². The molecule has 4 aromatic rings. The zero-order valence-electron chi connectivity index (χ0n) is 16.7. The number of benzene rings is 3. The number of hydrogen-bond acceptors (Lipinski definition) is 5. The highest BCUT2D eigenvalue weighted by molar-refractivity contribution is 8.00. The lowest BCUT2D eigenvalue weighted by Gasteiger charge is -2.13. The average Bonchev–Trinajstić information content (AvgIpc) is 2.81. The normalized spacial score (nSPS) is 11.7. The predicted octanol–water partition coefficient (Wildman–Crippen LogP) is 5.98. The third kappa shape index (κ3) is 5.10. The Hall–Kier alpha value is -3.22. The molecule has 1 aromatic heterocycles. The van der Waals surface area contributed by atoms with Crippen LogP contribution in [-0.4, -0.2) is 26.3 Å². The number of nitrogens with one attached hydrogen (secondary N) is 1. The van der Waals surface area contributed by atoms with Gasteiger partial charge in [-0.2, -0.15) is 0 Å². The lowest BCUT2D eigenvalue weighted by Crippen LogP contribution is -2.23. The topological polar surface area (TPSA) is 67.8 Å². The highest BCUT2D eigenvalue weighted by Gasteiger charge is 2.20. The average molecular weight is 447 g/mol. The molecule has 0 aliphatic heterocycles. The molecule has 0 aliphatic carbocycles. The number of nitrogens with zero attached hydrogens (tertiary/aromatic N) is 3. The standard InChI is InChI=1S/C24H19ClN4OS/c1-16(23(30)26-20-15-9-8-14-19(20)25)31-24-27-21(17-10-4-2-5-11-17)22(28-29-24)18-12-6-3-7-13-18/h2-16H,1H3,(H,26,30). The molecule has 3 aromatic carbocycles. The van der Waals surface area contributed by atoms with Gasteiger partial charge in [-0.05, 0) is 19.1 Å². The molecule has 0 radical (unpaired) electrons. The van der Waals surface area contributed by atoms with Gasteiger partial charge < -0.3 is 5.32 Å². The van der Waals surface area contributed by atoms with Gasteiger partial charge in [0.1, 0.15) is 11.4 Å². The first kappa shape index (κ1) is 21.0. The highest BCUT2D eigenvalue weighted by atomic mass is 35.5. The third-order valence-corrected chi connectivity index (χ3v) is 5.83. The maximum atomic E-state index is 12.6. The smallest absolute Gasteiger partial charge is 0.237 e. The Morgan fingerprint density at radius 3 is 2.06 bits per heavy atom. The zero-order chi connectivity index (χ0) is 21.6. The van der Waals surface area contributed by atoms with Gasteiger partial charge in [-0.3, -0.25) is 4.79 Å². The van der Waals surface area contributed by atoms with Crippen molar-refractivity contribution in [3.63, 3.8) is 0 Å². The van der Waals surface area contributed by atoms with Gasteiger partial charge in [0, 0.05) is 11.1 Å². The molecule has 0 bridgehead atoms. The summed E-state index contributed by atoms with van der Waals surface area (Å²) in [4.78, 5) is 17.4. The number of anilines is 1. The molecule has 1 unspecified atom stereocenters. The van der Waals surface area contributed by atoms with Crippen LogP contribution in [0.4, 0.5) is 5.69 Å². The molecule has 0 saturated carbocycles. The van der Waals surface area contributed by atoms with Gasteiger partial charge in [0.15, 0.2) is 0 Å². The van der Waals surface area contributed by atoms with E-state index in [1.165, 1.54) is 11.8 Å². The Morgan fingerprint density at radius 1 is 0.839 bits per heavy atom. The highest BCUT2D eigenvalue weighted by Crippen LogP contribution is 2.31. The second-order valence-electron chi connectivity index (χ2n) is 6.75. The number of carbonyl (C=O) groups is 1. The van der Waals surface area contributed by atoms with Crippen molar-refractivity contribution in [2.45, 2.75) is 17.3 Å². The van der Waals surface area contributed by atoms with E-state index < -0.39 is 5.25 Å². The van der Waals surface area contributed by atoms with Gasteiger partial charge in [0.05, 0.1) is 16.0 Å². The van der Waals surface area contributed by atoms with E-state index in [2.05, 4.69) is 15.5 Å². The summed E-state index contributed by atoms with van der Waals surface area (Å²) in [5.41, 5.74) is 3.87. The maximum absolute atomic E-state index is 12.6. The first-order valence-corrected chi connectivity index (χ1v) is 10.9. The molecule has 0 saturated heterocycles. The van der Waals surface area contributed by atoms with E-state index in [0.29, 0.717) is 21.6 Å². The fourth-order valence-corrected chi connectivity index (χ4v) is 3.85. The van der Waals surface area contributed by atoms with Crippen LogP contribution in [0.15, 0.2) is 90.1 Å². The van der Waals surface area contributed by atoms with Crippen LogP contribution < -0.4 is 5.32 Å². The maximum Gasteiger partial charge on any atom is 0.237 e. The lowest BCUT2D eigenvalue weighted by atomic mass is 10.0. The minimum absolute atomic E-state index is 0.185. The Kier molecular flexibility index (Phi) is 6.60. The molecule has 0 spiro atoms. The van der Waals surface area contributed by atoms with Crippen molar-refractivity contribution in [3.05, 3.63) is 90.0 Å². The molecule has 1 atom stereocenters. The Morgan fingerprint density at radius 2 is 1.42 bits per heavy atom. The van der Waals surface area contributed by atoms with Crippen LogP contribution in [0, 0.1) is 0 Å². The Bertz CT molecular complexity index is 1190. The van der Waals surface area contributed by atoms with Crippen molar-refractivity contribution < 1.29 is 4.79 Å². The van der Waals surface area contributed by atoms with E-state index in [1.54, 1.807) is 19.1 Å². The largest absolute Gasteiger partial charge is 0.324 e. The van der Waals surface area contributed by atoms with E-state index in [9.17, 15) is 4.79 Å². The molecule has 154 valence electrons. The number of carbonyl (C=O) groups excluding carboxylic acids is 1. The van der Waals surface area contributed by atoms with E-state index in [0.717, 1.165) is 16.8 Å². The first-order valence-electron chi connectivity index (χ1n) is 9.69. The second-order valence-corrected chi connectivity index (χ2v) is 8.47. The third-order valence-electron chi connectivity index (χ3n) is 4.54. The molecule has 4 rings (SSSR count). The van der Waals surface area contributed by atoms with Crippen LogP contribution in [0.25, 0.3) is 22.5 Å². The summed E-state index contributed by atoms with van der Waals surface area (Å²) >= 11 is 7.39. The summed E-state index contributed by atoms with van der Waals surface area (Å²) in [5.74, 6) is -0.185. The summed E-state index contributed by atoms with van der Waals surface area (Å²) in [5, 5.41) is 12.1. The number of rotatable bonds is 6. The predicted molar refractivity (Wildman–Crippen MR) is 126 cm³/mol. The van der Waals surface area contributed by atoms with Crippen molar-refractivity contribution in [1.82, 2.24) is 15.2 Å². The Labute approximate surface area is 189 Å². The summed E-state index contributed by atoms with van der Waals surface area (Å²) in [6, 6.07) is 26.8. The van der Waals surface area contributed by atoms with Crippen LogP contribution in [0.2, 0.25) is 5.02 Å². The number of thioether (sulfide) groups is 1. The van der Waals surface area contributed by atoms with Crippen LogP contribution in [0.3, 0.4) is 0 Å². The van der Waals surface area contributed by atoms with Crippen molar-refractivity contribution in [3.8, 4) is 22.5 Å². The summed E-state index contributed by atoms with van der Waals surface area (Å²) < 4.78 is 0. The van der Waals surface area contributed by atoms with Crippen LogP contribution in [0.5, 0.6) is 0 Å². The van der Waals surface area contributed by atoms with Gasteiger partial charge in [-0.25, -0.2) is 4.98 Å². The zero-order valence-corrected chi connectivity index (χ0v) is 18.3. The van der Waals surface area contributed by atoms with Gasteiger partial charge in [0.25, 0.3) is 0 Å². The van der Waals surface area contributed by atoms with E-state index >= 15 is 0 Å². The fourth-order valence-electron chi connectivity index (χ4n) is 2.96. The molecule has 5 nitrogen and oxygen atoms in total. The van der Waals surface area contributed by atoms with Crippen molar-refractivity contribution >= 4 is 35.0 Å². The van der Waals surface area contributed by atoms with Crippen LogP contribution in [-0.2, 0) is 4.79 Å².